The maximum absolute atomic E-state index is 12.5. The first kappa shape index (κ1) is 15.8. The minimum absolute atomic E-state index is 0.411. The lowest BCUT2D eigenvalue weighted by Crippen LogP contribution is -2.35. The van der Waals surface area contributed by atoms with E-state index in [9.17, 15) is 18.0 Å². The third-order valence-electron chi connectivity index (χ3n) is 2.35. The first-order chi connectivity index (χ1) is 8.80. The molecule has 0 aliphatic heterocycles. The summed E-state index contributed by atoms with van der Waals surface area (Å²) in [6.45, 7) is 1.92. The van der Waals surface area contributed by atoms with E-state index in [-0.39, 0.29) is 0 Å². The van der Waals surface area contributed by atoms with Crippen LogP contribution in [0.3, 0.4) is 0 Å². The number of rotatable bonds is 6. The van der Waals surface area contributed by atoms with Gasteiger partial charge in [0.1, 0.15) is 6.04 Å². The summed E-state index contributed by atoms with van der Waals surface area (Å²) in [6.07, 6.45) is -4.34. The first-order valence-electron chi connectivity index (χ1n) is 5.57. The Kier molecular flexibility index (Phi) is 5.68. The van der Waals surface area contributed by atoms with Crippen LogP contribution in [0.1, 0.15) is 12.5 Å². The maximum Gasteiger partial charge on any atom is 0.416 e. The van der Waals surface area contributed by atoms with Crippen LogP contribution in [0.4, 0.5) is 13.2 Å². The SMILES string of the molecule is C[C@@H](NCCSc1cccc(C(F)(F)F)c1)C(=O)O. The quantitative estimate of drug-likeness (QED) is 0.625. The Labute approximate surface area is 113 Å². The predicted molar refractivity (Wildman–Crippen MR) is 67.3 cm³/mol. The van der Waals surface area contributed by atoms with Gasteiger partial charge >= 0.3 is 12.1 Å². The van der Waals surface area contributed by atoms with Gasteiger partial charge in [0.2, 0.25) is 0 Å². The normalized spacial score (nSPS) is 13.3. The molecule has 1 aromatic carbocycles. The smallest absolute Gasteiger partial charge is 0.416 e. The molecule has 0 aromatic heterocycles. The predicted octanol–water partition coefficient (Wildman–Crippen LogP) is 2.86. The van der Waals surface area contributed by atoms with Crippen molar-refractivity contribution >= 4 is 17.7 Å². The minimum Gasteiger partial charge on any atom is -0.480 e. The van der Waals surface area contributed by atoms with Crippen molar-refractivity contribution in [3.63, 3.8) is 0 Å². The Bertz CT molecular complexity index is 437. The molecule has 1 atom stereocenters. The molecule has 7 heteroatoms. The molecule has 19 heavy (non-hydrogen) atoms. The Morgan fingerprint density at radius 2 is 2.16 bits per heavy atom. The molecule has 0 bridgehead atoms. The Morgan fingerprint density at radius 3 is 2.74 bits per heavy atom. The fourth-order valence-corrected chi connectivity index (χ4v) is 2.13. The molecule has 0 heterocycles. The van der Waals surface area contributed by atoms with E-state index in [1.807, 2.05) is 0 Å². The molecule has 0 saturated carbocycles. The molecule has 0 aliphatic carbocycles. The highest BCUT2D eigenvalue weighted by molar-refractivity contribution is 7.99. The molecular formula is C12H14F3NO2S. The van der Waals surface area contributed by atoms with Crippen LogP contribution in [0.2, 0.25) is 0 Å². The van der Waals surface area contributed by atoms with Gasteiger partial charge in [-0.25, -0.2) is 0 Å². The molecule has 3 nitrogen and oxygen atoms in total. The van der Waals surface area contributed by atoms with Gasteiger partial charge < -0.3 is 10.4 Å². The Morgan fingerprint density at radius 1 is 1.47 bits per heavy atom. The summed E-state index contributed by atoms with van der Waals surface area (Å²) < 4.78 is 37.4. The summed E-state index contributed by atoms with van der Waals surface area (Å²) in [4.78, 5) is 11.0. The number of carboxylic acid groups (broad SMARTS) is 1. The lowest BCUT2D eigenvalue weighted by atomic mass is 10.2. The van der Waals surface area contributed by atoms with Crippen LogP contribution >= 0.6 is 11.8 Å². The number of aliphatic carboxylic acids is 1. The molecule has 2 N–H and O–H groups in total. The summed E-state index contributed by atoms with van der Waals surface area (Å²) in [5.74, 6) is -0.456. The standard InChI is InChI=1S/C12H14F3NO2S/c1-8(11(17)18)16-5-6-19-10-4-2-3-9(7-10)12(13,14)15/h2-4,7-8,16H,5-6H2,1H3,(H,17,18)/t8-/m1/s1. The number of nitrogens with one attached hydrogen (secondary N) is 1. The van der Waals surface area contributed by atoms with Crippen molar-refractivity contribution in [1.82, 2.24) is 5.32 Å². The lowest BCUT2D eigenvalue weighted by Gasteiger charge is -2.10. The molecule has 0 amide bonds. The summed E-state index contributed by atoms with van der Waals surface area (Å²) in [5.41, 5.74) is -0.677. The molecule has 0 aliphatic rings. The van der Waals surface area contributed by atoms with Crippen molar-refractivity contribution in [1.29, 1.82) is 0 Å². The minimum atomic E-state index is -4.34. The third kappa shape index (κ3) is 5.52. The van der Waals surface area contributed by atoms with Gasteiger partial charge in [-0.1, -0.05) is 6.07 Å². The van der Waals surface area contributed by atoms with E-state index < -0.39 is 23.8 Å². The van der Waals surface area contributed by atoms with E-state index in [2.05, 4.69) is 5.32 Å². The number of benzene rings is 1. The van der Waals surface area contributed by atoms with E-state index in [1.54, 1.807) is 6.07 Å². The van der Waals surface area contributed by atoms with Crippen molar-refractivity contribution in [3.05, 3.63) is 29.8 Å². The number of alkyl halides is 3. The number of halogens is 3. The second-order valence-corrected chi connectivity index (χ2v) is 5.06. The van der Waals surface area contributed by atoms with Crippen molar-refractivity contribution in [2.45, 2.75) is 24.0 Å². The van der Waals surface area contributed by atoms with Crippen LogP contribution in [-0.4, -0.2) is 29.4 Å². The molecule has 0 unspecified atom stereocenters. The van der Waals surface area contributed by atoms with Crippen molar-refractivity contribution in [2.75, 3.05) is 12.3 Å². The lowest BCUT2D eigenvalue weighted by molar-refractivity contribution is -0.139. The van der Waals surface area contributed by atoms with Crippen LogP contribution in [0.5, 0.6) is 0 Å². The summed E-state index contributed by atoms with van der Waals surface area (Å²) >= 11 is 1.25. The molecule has 1 rings (SSSR count). The van der Waals surface area contributed by atoms with Gasteiger partial charge in [0.15, 0.2) is 0 Å². The average molecular weight is 293 g/mol. The molecule has 0 saturated heterocycles. The zero-order chi connectivity index (χ0) is 14.5. The number of carbonyl (C=O) groups is 1. The molecule has 0 spiro atoms. The molecular weight excluding hydrogens is 279 g/mol. The zero-order valence-corrected chi connectivity index (χ0v) is 11.0. The number of hydrogen-bond acceptors (Lipinski definition) is 3. The van der Waals surface area contributed by atoms with Crippen molar-refractivity contribution in [3.8, 4) is 0 Å². The first-order valence-corrected chi connectivity index (χ1v) is 6.55. The summed E-state index contributed by atoms with van der Waals surface area (Å²) in [6, 6.07) is 4.40. The second kappa shape index (κ2) is 6.81. The second-order valence-electron chi connectivity index (χ2n) is 3.89. The fraction of sp³-hybridized carbons (Fsp3) is 0.417. The van der Waals surface area contributed by atoms with Gasteiger partial charge in [0, 0.05) is 17.2 Å². The zero-order valence-electron chi connectivity index (χ0n) is 10.2. The third-order valence-corrected chi connectivity index (χ3v) is 3.35. The molecule has 106 valence electrons. The van der Waals surface area contributed by atoms with E-state index in [0.29, 0.717) is 17.2 Å². The average Bonchev–Trinajstić information content (AvgIpc) is 2.33. The monoisotopic (exact) mass is 293 g/mol. The van der Waals surface area contributed by atoms with Gasteiger partial charge in [-0.15, -0.1) is 11.8 Å². The fourth-order valence-electron chi connectivity index (χ4n) is 1.29. The topological polar surface area (TPSA) is 49.3 Å². The van der Waals surface area contributed by atoms with E-state index in [4.69, 9.17) is 5.11 Å². The molecule has 0 fully saturated rings. The van der Waals surface area contributed by atoms with Crippen LogP contribution < -0.4 is 5.32 Å². The van der Waals surface area contributed by atoms with Gasteiger partial charge in [-0.05, 0) is 25.1 Å². The van der Waals surface area contributed by atoms with Crippen molar-refractivity contribution in [2.24, 2.45) is 0 Å². The maximum atomic E-state index is 12.5. The number of hydrogen-bond donors (Lipinski definition) is 2. The van der Waals surface area contributed by atoms with Gasteiger partial charge in [0.25, 0.3) is 0 Å². The van der Waals surface area contributed by atoms with Gasteiger partial charge in [-0.2, -0.15) is 13.2 Å². The Hall–Kier alpha value is -1.21. The van der Waals surface area contributed by atoms with Gasteiger partial charge in [-0.3, -0.25) is 4.79 Å². The van der Waals surface area contributed by atoms with E-state index in [0.717, 1.165) is 12.1 Å². The number of thioether (sulfide) groups is 1. The van der Waals surface area contributed by atoms with Crippen LogP contribution in [0.15, 0.2) is 29.2 Å². The van der Waals surface area contributed by atoms with Gasteiger partial charge in [0.05, 0.1) is 5.56 Å². The Balaban J connectivity index is 2.44. The van der Waals surface area contributed by atoms with Crippen molar-refractivity contribution < 1.29 is 23.1 Å². The largest absolute Gasteiger partial charge is 0.480 e. The van der Waals surface area contributed by atoms with E-state index >= 15 is 0 Å². The van der Waals surface area contributed by atoms with E-state index in [1.165, 1.54) is 24.8 Å². The molecule has 1 aromatic rings. The molecule has 0 radical (unpaired) electrons. The highest BCUT2D eigenvalue weighted by atomic mass is 32.2. The summed E-state index contributed by atoms with van der Waals surface area (Å²) in [5, 5.41) is 11.4. The summed E-state index contributed by atoms with van der Waals surface area (Å²) in [7, 11) is 0. The highest BCUT2D eigenvalue weighted by Gasteiger charge is 2.30. The van der Waals surface area contributed by atoms with Crippen LogP contribution in [-0.2, 0) is 11.0 Å². The van der Waals surface area contributed by atoms with Crippen LogP contribution in [0, 0.1) is 0 Å². The highest BCUT2D eigenvalue weighted by Crippen LogP contribution is 2.31. The number of carboxylic acids is 1. The van der Waals surface area contributed by atoms with Crippen LogP contribution in [0.25, 0.3) is 0 Å².